The summed E-state index contributed by atoms with van der Waals surface area (Å²) in [5, 5.41) is 0.930. The lowest BCUT2D eigenvalue weighted by atomic mass is 9.95. The van der Waals surface area contributed by atoms with Crippen molar-refractivity contribution in [1.29, 1.82) is 0 Å². The van der Waals surface area contributed by atoms with Gasteiger partial charge in [-0.15, -0.1) is 0 Å². The molecule has 1 saturated heterocycles. The molecule has 4 rings (SSSR count). The number of ether oxygens (including phenoxy) is 3. The van der Waals surface area contributed by atoms with Gasteiger partial charge >= 0.3 is 0 Å². The molecule has 6 nitrogen and oxygen atoms in total. The average molecular weight is 478 g/mol. The van der Waals surface area contributed by atoms with Crippen molar-refractivity contribution in [1.82, 2.24) is 4.90 Å². The molecule has 186 valence electrons. The van der Waals surface area contributed by atoms with Crippen LogP contribution < -0.4 is 14.2 Å². The van der Waals surface area contributed by atoms with E-state index in [0.29, 0.717) is 6.61 Å². The quantitative estimate of drug-likeness (QED) is 0.358. The Morgan fingerprint density at radius 1 is 1.17 bits per heavy atom. The van der Waals surface area contributed by atoms with Gasteiger partial charge < -0.3 is 23.5 Å². The Balaban J connectivity index is 1.86. The van der Waals surface area contributed by atoms with E-state index in [4.69, 9.17) is 18.6 Å². The molecule has 6 heteroatoms. The van der Waals surface area contributed by atoms with E-state index in [1.165, 1.54) is 6.42 Å². The van der Waals surface area contributed by atoms with Crippen LogP contribution in [0.3, 0.4) is 0 Å². The van der Waals surface area contributed by atoms with Crippen LogP contribution in [0.5, 0.6) is 17.2 Å². The molecule has 35 heavy (non-hydrogen) atoms. The molecule has 0 bridgehead atoms. The molecule has 0 radical (unpaired) electrons. The van der Waals surface area contributed by atoms with Crippen molar-refractivity contribution in [2.45, 2.75) is 53.0 Å². The second-order valence-corrected chi connectivity index (χ2v) is 9.11. The number of piperidine rings is 1. The Labute approximate surface area is 207 Å². The number of aryl methyl sites for hydroxylation is 1. The number of likely N-dealkylation sites (tertiary alicyclic amines) is 1. The van der Waals surface area contributed by atoms with Gasteiger partial charge in [0.05, 0.1) is 27.1 Å². The second-order valence-electron chi connectivity index (χ2n) is 9.11. The van der Waals surface area contributed by atoms with Crippen molar-refractivity contribution in [3.05, 3.63) is 47.7 Å². The molecule has 1 amide bonds. The number of benzene rings is 2. The highest BCUT2D eigenvalue weighted by Gasteiger charge is 2.24. The SMILES string of the molecule is CCOc1c(/C(C)=C/C(=O)N2CCCCC2C)cc2c(-c3cc(OC)ccc3OC)coc2c1C. The van der Waals surface area contributed by atoms with E-state index < -0.39 is 0 Å². The zero-order valence-electron chi connectivity index (χ0n) is 21.6. The second kappa shape index (κ2) is 10.5. The van der Waals surface area contributed by atoms with Gasteiger partial charge in [-0.05, 0) is 76.8 Å². The molecule has 2 heterocycles. The maximum atomic E-state index is 13.2. The number of allylic oxidation sites excluding steroid dienone is 1. The number of hydrogen-bond acceptors (Lipinski definition) is 5. The molecule has 1 unspecified atom stereocenters. The van der Waals surface area contributed by atoms with E-state index in [2.05, 4.69) is 13.0 Å². The first kappa shape index (κ1) is 24.7. The van der Waals surface area contributed by atoms with Crippen molar-refractivity contribution in [3.8, 4) is 28.4 Å². The van der Waals surface area contributed by atoms with Crippen LogP contribution in [0.1, 0.15) is 51.2 Å². The fraction of sp³-hybridized carbons (Fsp3) is 0.414. The van der Waals surface area contributed by atoms with E-state index in [1.807, 2.05) is 43.9 Å². The lowest BCUT2D eigenvalue weighted by Crippen LogP contribution is -2.41. The van der Waals surface area contributed by atoms with Crippen LogP contribution in [0.25, 0.3) is 27.7 Å². The Bertz CT molecular complexity index is 1260. The lowest BCUT2D eigenvalue weighted by Gasteiger charge is -2.32. The molecule has 0 aliphatic carbocycles. The zero-order valence-corrected chi connectivity index (χ0v) is 21.6. The molecular weight excluding hydrogens is 442 g/mol. The zero-order chi connectivity index (χ0) is 25.1. The molecule has 0 N–H and O–H groups in total. The Kier molecular flexibility index (Phi) is 7.39. The number of nitrogens with zero attached hydrogens (tertiary/aromatic N) is 1. The fourth-order valence-corrected chi connectivity index (χ4v) is 4.94. The summed E-state index contributed by atoms with van der Waals surface area (Å²) in [6.07, 6.45) is 6.77. The van der Waals surface area contributed by atoms with Crippen molar-refractivity contribution >= 4 is 22.4 Å². The summed E-state index contributed by atoms with van der Waals surface area (Å²) < 4.78 is 23.2. The van der Waals surface area contributed by atoms with Crippen LogP contribution in [0.4, 0.5) is 0 Å². The van der Waals surface area contributed by atoms with Crippen LogP contribution in [0.15, 0.2) is 41.0 Å². The molecular formula is C29H35NO5. The summed E-state index contributed by atoms with van der Waals surface area (Å²) in [7, 11) is 3.29. The van der Waals surface area contributed by atoms with E-state index >= 15 is 0 Å². The van der Waals surface area contributed by atoms with Crippen LogP contribution in [0.2, 0.25) is 0 Å². The van der Waals surface area contributed by atoms with Gasteiger partial charge in [0.15, 0.2) is 0 Å². The number of fused-ring (bicyclic) bond motifs is 1. The minimum atomic E-state index is 0.0526. The third-order valence-electron chi connectivity index (χ3n) is 6.88. The number of furan rings is 1. The molecule has 1 aromatic heterocycles. The van der Waals surface area contributed by atoms with Crippen molar-refractivity contribution < 1.29 is 23.4 Å². The summed E-state index contributed by atoms with van der Waals surface area (Å²) in [5.74, 6) is 2.25. The maximum Gasteiger partial charge on any atom is 0.247 e. The summed E-state index contributed by atoms with van der Waals surface area (Å²) in [6, 6.07) is 8.02. The number of carbonyl (C=O) groups excluding carboxylic acids is 1. The topological polar surface area (TPSA) is 61.1 Å². The third-order valence-corrected chi connectivity index (χ3v) is 6.88. The van der Waals surface area contributed by atoms with E-state index in [1.54, 1.807) is 26.6 Å². The molecule has 1 atom stereocenters. The molecule has 0 spiro atoms. The summed E-state index contributed by atoms with van der Waals surface area (Å²) in [6.45, 7) is 9.38. The van der Waals surface area contributed by atoms with Crippen LogP contribution >= 0.6 is 0 Å². The molecule has 0 saturated carbocycles. The third kappa shape index (κ3) is 4.75. The van der Waals surface area contributed by atoms with Gasteiger partial charge in [-0.2, -0.15) is 0 Å². The Morgan fingerprint density at radius 3 is 2.66 bits per heavy atom. The predicted octanol–water partition coefficient (Wildman–Crippen LogP) is 6.63. The highest BCUT2D eigenvalue weighted by atomic mass is 16.5. The number of amides is 1. The average Bonchev–Trinajstić information content (AvgIpc) is 3.29. The lowest BCUT2D eigenvalue weighted by molar-refractivity contribution is -0.129. The first-order valence-corrected chi connectivity index (χ1v) is 12.3. The summed E-state index contributed by atoms with van der Waals surface area (Å²) in [5.41, 5.74) is 5.18. The largest absolute Gasteiger partial charge is 0.497 e. The number of carbonyl (C=O) groups is 1. The molecule has 2 aromatic carbocycles. The standard InChI is InChI=1S/C29H35NO5/c1-7-34-28-20(4)29-24(25(17-35-29)23-15-21(32-5)11-12-26(23)33-6)16-22(28)18(2)14-27(31)30-13-9-8-10-19(30)3/h11-12,14-17,19H,7-10,13H2,1-6H3/b18-14+. The summed E-state index contributed by atoms with van der Waals surface area (Å²) >= 11 is 0. The maximum absolute atomic E-state index is 13.2. The minimum Gasteiger partial charge on any atom is -0.497 e. The first-order valence-electron chi connectivity index (χ1n) is 12.3. The van der Waals surface area contributed by atoms with Gasteiger partial charge in [-0.25, -0.2) is 0 Å². The fourth-order valence-electron chi connectivity index (χ4n) is 4.94. The van der Waals surface area contributed by atoms with Crippen molar-refractivity contribution in [2.75, 3.05) is 27.4 Å². The highest BCUT2D eigenvalue weighted by molar-refractivity contribution is 6.02. The first-order chi connectivity index (χ1) is 16.9. The van der Waals surface area contributed by atoms with Gasteiger partial charge in [-0.3, -0.25) is 4.79 Å². The number of methoxy groups -OCH3 is 2. The van der Waals surface area contributed by atoms with Crippen molar-refractivity contribution in [3.63, 3.8) is 0 Å². The smallest absolute Gasteiger partial charge is 0.247 e. The Hall–Kier alpha value is -3.41. The highest BCUT2D eigenvalue weighted by Crippen LogP contribution is 2.43. The molecule has 1 aliphatic heterocycles. The predicted molar refractivity (Wildman–Crippen MR) is 139 cm³/mol. The minimum absolute atomic E-state index is 0.0526. The van der Waals surface area contributed by atoms with Crippen LogP contribution in [-0.2, 0) is 4.79 Å². The molecule has 3 aromatic rings. The Morgan fingerprint density at radius 2 is 1.97 bits per heavy atom. The van der Waals surface area contributed by atoms with Gasteiger partial charge in [-0.1, -0.05) is 0 Å². The molecule has 1 fully saturated rings. The van der Waals surface area contributed by atoms with Crippen LogP contribution in [0, 0.1) is 6.92 Å². The number of hydrogen-bond donors (Lipinski definition) is 0. The normalized spacial score (nSPS) is 16.5. The van der Waals surface area contributed by atoms with Gasteiger partial charge in [0.25, 0.3) is 0 Å². The van der Waals surface area contributed by atoms with Crippen molar-refractivity contribution in [2.24, 2.45) is 0 Å². The monoisotopic (exact) mass is 477 g/mol. The van der Waals surface area contributed by atoms with Gasteiger partial charge in [0.2, 0.25) is 5.91 Å². The van der Waals surface area contributed by atoms with E-state index in [-0.39, 0.29) is 11.9 Å². The number of rotatable bonds is 7. The molecule has 1 aliphatic rings. The van der Waals surface area contributed by atoms with E-state index in [0.717, 1.165) is 75.4 Å². The van der Waals surface area contributed by atoms with Crippen LogP contribution in [-0.4, -0.2) is 44.2 Å². The van der Waals surface area contributed by atoms with Gasteiger partial charge in [0, 0.05) is 46.3 Å². The van der Waals surface area contributed by atoms with Gasteiger partial charge in [0.1, 0.15) is 22.8 Å². The summed E-state index contributed by atoms with van der Waals surface area (Å²) in [4.78, 5) is 15.1. The van der Waals surface area contributed by atoms with E-state index in [9.17, 15) is 4.79 Å².